The number of aromatic nitrogens is 3. The number of amidine groups is 1. The van der Waals surface area contributed by atoms with Crippen molar-refractivity contribution in [2.45, 2.75) is 59.3 Å². The van der Waals surface area contributed by atoms with Crippen molar-refractivity contribution >= 4 is 23.3 Å². The Balaban J connectivity index is 1.95. The fourth-order valence-electron chi connectivity index (χ4n) is 2.45. The van der Waals surface area contributed by atoms with Crippen LogP contribution in [-0.4, -0.2) is 38.3 Å². The summed E-state index contributed by atoms with van der Waals surface area (Å²) in [5.74, 6) is 0.483. The van der Waals surface area contributed by atoms with E-state index < -0.39 is 17.7 Å². The van der Waals surface area contributed by atoms with E-state index in [4.69, 9.17) is 15.3 Å². The fourth-order valence-corrected chi connectivity index (χ4v) is 3.23. The molecule has 2 rings (SSSR count). The van der Waals surface area contributed by atoms with E-state index in [1.807, 2.05) is 32.5 Å². The van der Waals surface area contributed by atoms with Crippen LogP contribution in [-0.2, 0) is 23.2 Å². The summed E-state index contributed by atoms with van der Waals surface area (Å²) in [6, 6.07) is -0.480. The van der Waals surface area contributed by atoms with Crippen LogP contribution in [0.3, 0.4) is 0 Å². The number of nitrogens with zero attached hydrogens (tertiary/aromatic N) is 4. The van der Waals surface area contributed by atoms with E-state index in [-0.39, 0.29) is 12.4 Å². The van der Waals surface area contributed by atoms with Crippen molar-refractivity contribution in [1.82, 2.24) is 20.1 Å². The molecule has 2 aromatic rings. The Labute approximate surface area is 175 Å². The van der Waals surface area contributed by atoms with Gasteiger partial charge < -0.3 is 20.6 Å². The molecular formula is C19H30N6O3S. The lowest BCUT2D eigenvalue weighted by atomic mass is 10.0. The highest BCUT2D eigenvalue weighted by Gasteiger charge is 2.23. The Morgan fingerprint density at radius 1 is 1.41 bits per heavy atom. The number of carbonyl (C=O) groups excluding carboxylic acids is 1. The monoisotopic (exact) mass is 422 g/mol. The number of alkyl carbamates (subject to hydrolysis) is 1. The standard InChI is InChI=1S/C19H30N6O3S/c1-12(2)7-15(23-18(26)28-19(3,4)5)16(20)24-27-10-14-11-29-17(22-14)13-8-21-25(6)9-13/h8-9,11-12,15H,7,10H2,1-6H3,(H2,20,24)(H,23,26). The third-order valence-electron chi connectivity index (χ3n) is 3.64. The first-order valence-electron chi connectivity index (χ1n) is 9.41. The van der Waals surface area contributed by atoms with Gasteiger partial charge in [0.1, 0.15) is 10.6 Å². The van der Waals surface area contributed by atoms with Gasteiger partial charge in [0.2, 0.25) is 0 Å². The zero-order valence-electron chi connectivity index (χ0n) is 17.8. The maximum Gasteiger partial charge on any atom is 0.408 e. The lowest BCUT2D eigenvalue weighted by molar-refractivity contribution is 0.0512. The molecule has 2 aromatic heterocycles. The molecule has 10 heteroatoms. The second-order valence-electron chi connectivity index (χ2n) is 8.16. The van der Waals surface area contributed by atoms with Crippen molar-refractivity contribution < 1.29 is 14.4 Å². The van der Waals surface area contributed by atoms with E-state index in [0.29, 0.717) is 12.3 Å². The van der Waals surface area contributed by atoms with Crippen LogP contribution in [0, 0.1) is 5.92 Å². The van der Waals surface area contributed by atoms with Gasteiger partial charge in [-0.3, -0.25) is 4.68 Å². The van der Waals surface area contributed by atoms with Crippen molar-refractivity contribution in [3.63, 3.8) is 0 Å². The minimum absolute atomic E-state index is 0.179. The van der Waals surface area contributed by atoms with Crippen LogP contribution in [0.4, 0.5) is 4.79 Å². The average Bonchev–Trinajstić information content (AvgIpc) is 3.20. The van der Waals surface area contributed by atoms with Crippen LogP contribution >= 0.6 is 11.3 Å². The lowest BCUT2D eigenvalue weighted by Gasteiger charge is -2.24. The molecule has 0 aliphatic carbocycles. The Hall–Kier alpha value is -2.62. The number of hydrogen-bond donors (Lipinski definition) is 2. The summed E-state index contributed by atoms with van der Waals surface area (Å²) in [5.41, 5.74) is 7.17. The van der Waals surface area contributed by atoms with E-state index in [0.717, 1.165) is 16.3 Å². The number of rotatable bonds is 8. The highest BCUT2D eigenvalue weighted by atomic mass is 32.1. The van der Waals surface area contributed by atoms with Crippen LogP contribution in [0.2, 0.25) is 0 Å². The first-order valence-corrected chi connectivity index (χ1v) is 10.3. The third-order valence-corrected chi connectivity index (χ3v) is 4.58. The summed E-state index contributed by atoms with van der Waals surface area (Å²) in [6.45, 7) is 9.66. The van der Waals surface area contributed by atoms with Crippen molar-refractivity contribution in [3.05, 3.63) is 23.5 Å². The molecule has 0 bridgehead atoms. The van der Waals surface area contributed by atoms with Gasteiger partial charge in [0.25, 0.3) is 0 Å². The zero-order chi connectivity index (χ0) is 21.6. The number of oxime groups is 1. The Kier molecular flexibility index (Phi) is 7.60. The zero-order valence-corrected chi connectivity index (χ0v) is 18.6. The SMILES string of the molecule is CC(C)CC(NC(=O)OC(C)(C)C)/C(N)=N/OCc1csc(-c2cnn(C)c2)n1. The van der Waals surface area contributed by atoms with Crippen molar-refractivity contribution in [1.29, 1.82) is 0 Å². The van der Waals surface area contributed by atoms with E-state index in [1.54, 1.807) is 31.6 Å². The Morgan fingerprint density at radius 3 is 2.72 bits per heavy atom. The molecule has 29 heavy (non-hydrogen) atoms. The van der Waals surface area contributed by atoms with Crippen LogP contribution < -0.4 is 11.1 Å². The van der Waals surface area contributed by atoms with Gasteiger partial charge in [-0.15, -0.1) is 11.3 Å². The van der Waals surface area contributed by atoms with E-state index in [1.165, 1.54) is 11.3 Å². The van der Waals surface area contributed by atoms with E-state index in [2.05, 4.69) is 20.6 Å². The quantitative estimate of drug-likeness (QED) is 0.383. The molecule has 0 saturated carbocycles. The summed E-state index contributed by atoms with van der Waals surface area (Å²) in [6.07, 6.45) is 3.73. The molecule has 2 heterocycles. The first kappa shape index (κ1) is 22.7. The number of amides is 1. The molecular weight excluding hydrogens is 392 g/mol. The number of ether oxygens (including phenoxy) is 1. The van der Waals surface area contributed by atoms with Gasteiger partial charge in [0, 0.05) is 24.2 Å². The minimum Gasteiger partial charge on any atom is -0.444 e. The number of thiazole rings is 1. The van der Waals surface area contributed by atoms with Gasteiger partial charge >= 0.3 is 6.09 Å². The second-order valence-corrected chi connectivity index (χ2v) is 9.02. The van der Waals surface area contributed by atoms with Crippen molar-refractivity contribution in [2.75, 3.05) is 0 Å². The molecule has 0 aliphatic rings. The summed E-state index contributed by atoms with van der Waals surface area (Å²) < 4.78 is 7.03. The molecule has 0 saturated heterocycles. The summed E-state index contributed by atoms with van der Waals surface area (Å²) >= 11 is 1.51. The summed E-state index contributed by atoms with van der Waals surface area (Å²) in [5, 5.41) is 13.6. The molecule has 160 valence electrons. The maximum atomic E-state index is 12.1. The van der Waals surface area contributed by atoms with Gasteiger partial charge in [-0.05, 0) is 33.1 Å². The second kappa shape index (κ2) is 9.73. The van der Waals surface area contributed by atoms with Crippen LogP contribution in [0.15, 0.2) is 22.9 Å². The summed E-state index contributed by atoms with van der Waals surface area (Å²) in [4.78, 5) is 22.0. The molecule has 1 unspecified atom stereocenters. The Bertz CT molecular complexity index is 837. The number of nitrogens with one attached hydrogen (secondary N) is 1. The van der Waals surface area contributed by atoms with Gasteiger partial charge in [0.05, 0.1) is 17.9 Å². The Morgan fingerprint density at radius 2 is 2.14 bits per heavy atom. The van der Waals surface area contributed by atoms with Crippen molar-refractivity contribution in [3.8, 4) is 10.6 Å². The topological polar surface area (TPSA) is 117 Å². The van der Waals surface area contributed by atoms with Crippen LogP contribution in [0.25, 0.3) is 10.6 Å². The first-order chi connectivity index (χ1) is 13.5. The lowest BCUT2D eigenvalue weighted by Crippen LogP contribution is -2.47. The van der Waals surface area contributed by atoms with Gasteiger partial charge in [-0.2, -0.15) is 5.10 Å². The number of carbonyl (C=O) groups is 1. The highest BCUT2D eigenvalue weighted by Crippen LogP contribution is 2.23. The molecule has 0 radical (unpaired) electrons. The number of hydrogen-bond acceptors (Lipinski definition) is 7. The molecule has 0 aliphatic heterocycles. The normalized spacial score (nSPS) is 13.4. The third kappa shape index (κ3) is 7.72. The highest BCUT2D eigenvalue weighted by molar-refractivity contribution is 7.13. The number of nitrogens with two attached hydrogens (primary N) is 1. The van der Waals surface area contributed by atoms with Crippen LogP contribution in [0.1, 0.15) is 46.7 Å². The average molecular weight is 423 g/mol. The smallest absolute Gasteiger partial charge is 0.408 e. The molecule has 0 spiro atoms. The van der Waals surface area contributed by atoms with Gasteiger partial charge in [-0.25, -0.2) is 9.78 Å². The number of aryl methyl sites for hydroxylation is 1. The van der Waals surface area contributed by atoms with E-state index in [9.17, 15) is 4.79 Å². The minimum atomic E-state index is -0.592. The van der Waals surface area contributed by atoms with Crippen molar-refractivity contribution in [2.24, 2.45) is 23.9 Å². The maximum absolute atomic E-state index is 12.1. The predicted octanol–water partition coefficient (Wildman–Crippen LogP) is 3.27. The summed E-state index contributed by atoms with van der Waals surface area (Å²) in [7, 11) is 1.86. The molecule has 1 amide bonds. The predicted molar refractivity (Wildman–Crippen MR) is 113 cm³/mol. The van der Waals surface area contributed by atoms with Crippen LogP contribution in [0.5, 0.6) is 0 Å². The largest absolute Gasteiger partial charge is 0.444 e. The van der Waals surface area contributed by atoms with E-state index >= 15 is 0 Å². The molecule has 0 aromatic carbocycles. The molecule has 0 fully saturated rings. The van der Waals surface area contributed by atoms with Gasteiger partial charge in [-0.1, -0.05) is 19.0 Å². The molecule has 3 N–H and O–H groups in total. The van der Waals surface area contributed by atoms with Gasteiger partial charge in [0.15, 0.2) is 12.4 Å². The fraction of sp³-hybridized carbons (Fsp3) is 0.579. The molecule has 1 atom stereocenters. The molecule has 9 nitrogen and oxygen atoms in total.